The summed E-state index contributed by atoms with van der Waals surface area (Å²) < 4.78 is 6.23. The number of fused-ring (bicyclic) bond motifs is 3. The molecule has 0 radical (unpaired) electrons. The van der Waals surface area contributed by atoms with E-state index < -0.39 is 0 Å². The second kappa shape index (κ2) is 6.06. The number of rotatable bonds is 2. The molecule has 3 heteroatoms. The van der Waals surface area contributed by atoms with Crippen LogP contribution >= 0.6 is 0 Å². The van der Waals surface area contributed by atoms with Crippen LogP contribution in [-0.2, 0) is 0 Å². The Morgan fingerprint density at radius 1 is 0.704 bits per heavy atom. The first kappa shape index (κ1) is 15.8. The second-order valence-corrected chi connectivity index (χ2v) is 6.82. The Morgan fingerprint density at radius 2 is 1.52 bits per heavy atom. The van der Waals surface area contributed by atoms with E-state index in [0.717, 1.165) is 33.3 Å². The van der Waals surface area contributed by atoms with Crippen LogP contribution in [0, 0.1) is 13.8 Å². The van der Waals surface area contributed by atoms with Gasteiger partial charge >= 0.3 is 0 Å². The molecule has 0 atom stereocenters. The van der Waals surface area contributed by atoms with Gasteiger partial charge in [-0.3, -0.25) is 4.98 Å². The molecular formula is C24H18N2O. The number of hydrogen-bond donors (Lipinski definition) is 0. The van der Waals surface area contributed by atoms with E-state index in [1.54, 1.807) is 6.20 Å². The van der Waals surface area contributed by atoms with Crippen LogP contribution in [-0.4, -0.2) is 9.97 Å². The Balaban J connectivity index is 1.77. The van der Waals surface area contributed by atoms with Gasteiger partial charge in [-0.1, -0.05) is 36.4 Å². The van der Waals surface area contributed by atoms with Gasteiger partial charge in [0.25, 0.3) is 0 Å². The Kier molecular flexibility index (Phi) is 3.54. The van der Waals surface area contributed by atoms with E-state index in [4.69, 9.17) is 9.40 Å². The van der Waals surface area contributed by atoms with Gasteiger partial charge in [-0.25, -0.2) is 4.98 Å². The van der Waals surface area contributed by atoms with Crippen LogP contribution in [0.1, 0.15) is 11.1 Å². The average Bonchev–Trinajstić information content (AvgIpc) is 3.06. The fraction of sp³-hybridized carbons (Fsp3) is 0.0833. The smallest absolute Gasteiger partial charge is 0.227 e. The minimum Gasteiger partial charge on any atom is -0.437 e. The first-order valence-corrected chi connectivity index (χ1v) is 9.02. The van der Waals surface area contributed by atoms with Crippen LogP contribution in [0.5, 0.6) is 0 Å². The lowest BCUT2D eigenvalue weighted by Crippen LogP contribution is -1.90. The highest BCUT2D eigenvalue weighted by Crippen LogP contribution is 2.36. The van der Waals surface area contributed by atoms with Gasteiger partial charge in [-0.15, -0.1) is 0 Å². The van der Waals surface area contributed by atoms with Crippen LogP contribution in [0.3, 0.4) is 0 Å². The minimum atomic E-state index is 0.661. The summed E-state index contributed by atoms with van der Waals surface area (Å²) in [5.74, 6) is 0. The predicted octanol–water partition coefficient (Wildman–Crippen LogP) is 6.33. The summed E-state index contributed by atoms with van der Waals surface area (Å²) in [5.41, 5.74) is 7.92. The van der Waals surface area contributed by atoms with Gasteiger partial charge in [0.15, 0.2) is 0 Å². The number of aryl methyl sites for hydroxylation is 2. The lowest BCUT2D eigenvalue weighted by Gasteiger charge is -2.08. The molecular weight excluding hydrogens is 332 g/mol. The molecule has 0 bridgehead atoms. The van der Waals surface area contributed by atoms with Crippen molar-refractivity contribution in [3.63, 3.8) is 0 Å². The molecule has 5 aromatic rings. The molecule has 0 amide bonds. The highest BCUT2D eigenvalue weighted by Gasteiger charge is 2.15. The highest BCUT2D eigenvalue weighted by atomic mass is 16.3. The molecule has 0 aliphatic rings. The highest BCUT2D eigenvalue weighted by molar-refractivity contribution is 6.08. The van der Waals surface area contributed by atoms with Crippen molar-refractivity contribution in [2.24, 2.45) is 0 Å². The molecule has 2 aromatic carbocycles. The Labute approximate surface area is 157 Å². The van der Waals surface area contributed by atoms with Gasteiger partial charge in [0.2, 0.25) is 5.71 Å². The maximum atomic E-state index is 6.23. The average molecular weight is 350 g/mol. The van der Waals surface area contributed by atoms with E-state index in [0.29, 0.717) is 5.71 Å². The maximum absolute atomic E-state index is 6.23. The summed E-state index contributed by atoms with van der Waals surface area (Å²) in [5, 5.41) is 2.09. The molecule has 0 fully saturated rings. The second-order valence-electron chi connectivity index (χ2n) is 6.82. The van der Waals surface area contributed by atoms with Gasteiger partial charge in [0.1, 0.15) is 5.58 Å². The van der Waals surface area contributed by atoms with Crippen LogP contribution in [0.15, 0.2) is 77.3 Å². The summed E-state index contributed by atoms with van der Waals surface area (Å²) in [7, 11) is 0. The zero-order valence-corrected chi connectivity index (χ0v) is 15.2. The van der Waals surface area contributed by atoms with Gasteiger partial charge in [0.05, 0.1) is 11.4 Å². The van der Waals surface area contributed by atoms with Gasteiger partial charge in [-0.05, 0) is 55.3 Å². The standard InChI is InChI=1S/C24H18N2O/c1-15-7-5-8-16(2)22(15)21-13-12-18-17-9-6-10-19(20-11-3-4-14-25-20)23(17)27-24(18)26-21/h3-14H,1-2H3. The van der Waals surface area contributed by atoms with Crippen molar-refractivity contribution in [1.82, 2.24) is 9.97 Å². The van der Waals surface area contributed by atoms with Crippen molar-refractivity contribution < 1.29 is 4.42 Å². The Morgan fingerprint density at radius 3 is 2.30 bits per heavy atom. The molecule has 0 spiro atoms. The Bertz CT molecular complexity index is 1270. The molecule has 3 heterocycles. The van der Waals surface area contributed by atoms with Crippen LogP contribution in [0.2, 0.25) is 0 Å². The summed E-state index contributed by atoms with van der Waals surface area (Å²) in [6.07, 6.45) is 1.80. The van der Waals surface area contributed by atoms with E-state index in [1.165, 1.54) is 16.7 Å². The number of pyridine rings is 2. The molecule has 0 aliphatic heterocycles. The largest absolute Gasteiger partial charge is 0.437 e. The van der Waals surface area contributed by atoms with Gasteiger partial charge in [-0.2, -0.15) is 0 Å². The number of aromatic nitrogens is 2. The summed E-state index contributed by atoms with van der Waals surface area (Å²) in [6.45, 7) is 4.23. The number of hydrogen-bond acceptors (Lipinski definition) is 3. The van der Waals surface area contributed by atoms with Crippen molar-refractivity contribution in [3.05, 3.63) is 84.1 Å². The first-order chi connectivity index (χ1) is 13.2. The lowest BCUT2D eigenvalue weighted by molar-refractivity contribution is 0.655. The predicted molar refractivity (Wildman–Crippen MR) is 110 cm³/mol. The Hall–Kier alpha value is -3.46. The van der Waals surface area contributed by atoms with Crippen molar-refractivity contribution in [2.45, 2.75) is 13.8 Å². The van der Waals surface area contributed by atoms with Crippen molar-refractivity contribution in [3.8, 4) is 22.5 Å². The third kappa shape index (κ3) is 2.51. The summed E-state index contributed by atoms with van der Waals surface area (Å²) >= 11 is 0. The van der Waals surface area contributed by atoms with E-state index >= 15 is 0 Å². The molecule has 27 heavy (non-hydrogen) atoms. The van der Waals surface area contributed by atoms with Crippen LogP contribution < -0.4 is 0 Å². The molecule has 0 saturated carbocycles. The fourth-order valence-corrected chi connectivity index (χ4v) is 3.76. The molecule has 0 N–H and O–H groups in total. The normalized spacial score (nSPS) is 11.3. The zero-order chi connectivity index (χ0) is 18.4. The minimum absolute atomic E-state index is 0.661. The van der Waals surface area contributed by atoms with Crippen molar-refractivity contribution >= 4 is 22.1 Å². The lowest BCUT2D eigenvalue weighted by atomic mass is 9.99. The number of para-hydroxylation sites is 1. The van der Waals surface area contributed by atoms with Gasteiger partial charge in [0, 0.05) is 28.1 Å². The van der Waals surface area contributed by atoms with E-state index in [1.807, 2.05) is 30.3 Å². The van der Waals surface area contributed by atoms with Crippen molar-refractivity contribution in [1.29, 1.82) is 0 Å². The van der Waals surface area contributed by atoms with Gasteiger partial charge < -0.3 is 4.42 Å². The third-order valence-electron chi connectivity index (χ3n) is 5.04. The van der Waals surface area contributed by atoms with Crippen molar-refractivity contribution in [2.75, 3.05) is 0 Å². The maximum Gasteiger partial charge on any atom is 0.227 e. The zero-order valence-electron chi connectivity index (χ0n) is 15.2. The fourth-order valence-electron chi connectivity index (χ4n) is 3.76. The molecule has 3 aromatic heterocycles. The molecule has 5 rings (SSSR count). The quantitative estimate of drug-likeness (QED) is 0.373. The molecule has 3 nitrogen and oxygen atoms in total. The molecule has 0 unspecified atom stereocenters. The van der Waals surface area contributed by atoms with Crippen LogP contribution in [0.4, 0.5) is 0 Å². The topological polar surface area (TPSA) is 38.9 Å². The number of furan rings is 1. The third-order valence-corrected chi connectivity index (χ3v) is 5.04. The number of benzene rings is 2. The first-order valence-electron chi connectivity index (χ1n) is 9.02. The summed E-state index contributed by atoms with van der Waals surface area (Å²) in [4.78, 5) is 9.33. The summed E-state index contributed by atoms with van der Waals surface area (Å²) in [6, 6.07) is 22.6. The molecule has 0 aliphatic carbocycles. The van der Waals surface area contributed by atoms with Crippen LogP contribution in [0.25, 0.3) is 44.6 Å². The monoisotopic (exact) mass is 350 g/mol. The van der Waals surface area contributed by atoms with E-state index in [9.17, 15) is 0 Å². The SMILES string of the molecule is Cc1cccc(C)c1-c1ccc2c(n1)oc1c(-c3ccccn3)cccc12. The number of nitrogens with zero attached hydrogens (tertiary/aromatic N) is 2. The van der Waals surface area contributed by atoms with E-state index in [2.05, 4.69) is 55.2 Å². The molecule has 130 valence electrons. The van der Waals surface area contributed by atoms with E-state index in [-0.39, 0.29) is 0 Å². The molecule has 0 saturated heterocycles.